The van der Waals surface area contributed by atoms with Gasteiger partial charge in [0.2, 0.25) is 6.79 Å². The van der Waals surface area contributed by atoms with Crippen LogP contribution in [-0.4, -0.2) is 29.3 Å². The first-order valence-electron chi connectivity index (χ1n) is 5.84. The van der Waals surface area contributed by atoms with Gasteiger partial charge in [0, 0.05) is 6.54 Å². The fourth-order valence-electron chi connectivity index (χ4n) is 1.93. The van der Waals surface area contributed by atoms with Crippen LogP contribution >= 0.6 is 12.2 Å². The number of rotatable bonds is 2. The molecule has 1 amide bonds. The fraction of sp³-hybridized carbons (Fsp3) is 0.231. The molecule has 1 aromatic carbocycles. The minimum Gasteiger partial charge on any atom is -0.454 e. The van der Waals surface area contributed by atoms with Crippen molar-refractivity contribution in [1.29, 1.82) is 0 Å². The lowest BCUT2D eigenvalue weighted by molar-refractivity contribution is -0.122. The summed E-state index contributed by atoms with van der Waals surface area (Å²) in [5, 5.41) is 0.194. The van der Waals surface area contributed by atoms with Crippen LogP contribution in [0.15, 0.2) is 24.0 Å². The van der Waals surface area contributed by atoms with Gasteiger partial charge in [-0.25, -0.2) is 0 Å². The number of ether oxygens (including phenoxy) is 3. The van der Waals surface area contributed by atoms with E-state index in [1.54, 1.807) is 18.2 Å². The van der Waals surface area contributed by atoms with E-state index in [2.05, 4.69) is 0 Å². The van der Waals surface area contributed by atoms with Crippen molar-refractivity contribution >= 4 is 29.4 Å². The van der Waals surface area contributed by atoms with Gasteiger partial charge in [-0.3, -0.25) is 9.69 Å². The molecule has 0 unspecified atom stereocenters. The molecule has 1 aromatic rings. The number of thiocarbonyl (C=S) groups is 1. The van der Waals surface area contributed by atoms with Crippen molar-refractivity contribution in [3.63, 3.8) is 0 Å². The van der Waals surface area contributed by atoms with Crippen molar-refractivity contribution in [2.45, 2.75) is 6.92 Å². The van der Waals surface area contributed by atoms with Gasteiger partial charge in [0.15, 0.2) is 17.3 Å². The molecule has 1 fully saturated rings. The number of benzene rings is 1. The molecular weight excluding hydrogens is 266 g/mol. The SMILES string of the molecule is CCN1C(=O)/C(=C/c2ccc3c(c2)OCO3)OC1=S. The Bertz CT molecular complexity index is 596. The van der Waals surface area contributed by atoms with Gasteiger partial charge < -0.3 is 14.2 Å². The third-order valence-electron chi connectivity index (χ3n) is 2.88. The summed E-state index contributed by atoms with van der Waals surface area (Å²) in [5.41, 5.74) is 0.799. The quantitative estimate of drug-likeness (QED) is 0.610. The summed E-state index contributed by atoms with van der Waals surface area (Å²) < 4.78 is 15.8. The average Bonchev–Trinajstić information content (AvgIpc) is 2.95. The standard InChI is InChI=1S/C13H11NO4S/c1-2-14-12(15)11(18-13(14)19)6-8-3-4-9-10(5-8)17-7-16-9/h3-6H,2,7H2,1H3/b11-6-. The second kappa shape index (κ2) is 4.55. The predicted molar refractivity (Wildman–Crippen MR) is 71.6 cm³/mol. The first-order chi connectivity index (χ1) is 9.19. The van der Waals surface area contributed by atoms with E-state index in [9.17, 15) is 4.79 Å². The molecule has 5 nitrogen and oxygen atoms in total. The highest BCUT2D eigenvalue weighted by molar-refractivity contribution is 7.80. The smallest absolute Gasteiger partial charge is 0.297 e. The van der Waals surface area contributed by atoms with Crippen LogP contribution in [0.4, 0.5) is 0 Å². The molecule has 6 heteroatoms. The Hall–Kier alpha value is -2.08. The highest BCUT2D eigenvalue weighted by atomic mass is 32.1. The molecule has 98 valence electrons. The third kappa shape index (κ3) is 2.04. The zero-order valence-electron chi connectivity index (χ0n) is 10.2. The van der Waals surface area contributed by atoms with Crippen LogP contribution in [0.1, 0.15) is 12.5 Å². The predicted octanol–water partition coefficient (Wildman–Crippen LogP) is 1.92. The second-order valence-electron chi connectivity index (χ2n) is 4.04. The molecule has 0 spiro atoms. The molecule has 0 aromatic heterocycles. The summed E-state index contributed by atoms with van der Waals surface area (Å²) in [6.07, 6.45) is 1.65. The molecular formula is C13H11NO4S. The Balaban J connectivity index is 1.90. The van der Waals surface area contributed by atoms with Gasteiger partial charge in [-0.05, 0) is 42.9 Å². The van der Waals surface area contributed by atoms with Crippen LogP contribution < -0.4 is 9.47 Å². The van der Waals surface area contributed by atoms with Crippen LogP contribution in [0.5, 0.6) is 11.5 Å². The maximum atomic E-state index is 12.0. The van der Waals surface area contributed by atoms with Crippen molar-refractivity contribution in [1.82, 2.24) is 4.90 Å². The normalized spacial score (nSPS) is 19.2. The Kier molecular flexibility index (Phi) is 2.87. The molecule has 0 N–H and O–H groups in total. The summed E-state index contributed by atoms with van der Waals surface area (Å²) in [6.45, 7) is 2.56. The van der Waals surface area contributed by atoms with Crippen LogP contribution in [0.25, 0.3) is 6.08 Å². The van der Waals surface area contributed by atoms with Crippen molar-refractivity contribution in [3.05, 3.63) is 29.5 Å². The summed E-state index contributed by atoms with van der Waals surface area (Å²) in [6, 6.07) is 5.42. The molecule has 0 radical (unpaired) electrons. The highest BCUT2D eigenvalue weighted by Crippen LogP contribution is 2.33. The van der Waals surface area contributed by atoms with E-state index in [-0.39, 0.29) is 23.6 Å². The van der Waals surface area contributed by atoms with Gasteiger partial charge in [0.25, 0.3) is 11.1 Å². The first kappa shape index (κ1) is 12.0. The van der Waals surface area contributed by atoms with E-state index in [1.165, 1.54) is 4.90 Å². The molecule has 0 bridgehead atoms. The third-order valence-corrected chi connectivity index (χ3v) is 3.19. The lowest BCUT2D eigenvalue weighted by Gasteiger charge is -2.06. The molecule has 0 saturated carbocycles. The van der Waals surface area contributed by atoms with E-state index < -0.39 is 0 Å². The van der Waals surface area contributed by atoms with Gasteiger partial charge >= 0.3 is 0 Å². The molecule has 3 rings (SSSR count). The van der Waals surface area contributed by atoms with Crippen LogP contribution in [0.3, 0.4) is 0 Å². The zero-order chi connectivity index (χ0) is 13.4. The Labute approximate surface area is 115 Å². The van der Waals surface area contributed by atoms with E-state index in [4.69, 9.17) is 26.4 Å². The van der Waals surface area contributed by atoms with Gasteiger partial charge in [-0.1, -0.05) is 6.07 Å². The molecule has 1 saturated heterocycles. The maximum Gasteiger partial charge on any atom is 0.297 e. The summed E-state index contributed by atoms with van der Waals surface area (Å²) >= 11 is 4.99. The van der Waals surface area contributed by atoms with E-state index in [0.29, 0.717) is 18.0 Å². The van der Waals surface area contributed by atoms with Gasteiger partial charge in [-0.2, -0.15) is 0 Å². The van der Waals surface area contributed by atoms with Crippen molar-refractivity contribution in [2.75, 3.05) is 13.3 Å². The largest absolute Gasteiger partial charge is 0.454 e. The lowest BCUT2D eigenvalue weighted by atomic mass is 10.2. The number of hydrogen-bond acceptors (Lipinski definition) is 5. The van der Waals surface area contributed by atoms with E-state index in [0.717, 1.165) is 5.56 Å². The highest BCUT2D eigenvalue weighted by Gasteiger charge is 2.32. The molecule has 2 heterocycles. The number of carbonyl (C=O) groups excluding carboxylic acids is 1. The second-order valence-corrected chi connectivity index (χ2v) is 4.39. The molecule has 2 aliphatic heterocycles. The van der Waals surface area contributed by atoms with Crippen molar-refractivity contribution in [2.24, 2.45) is 0 Å². The maximum absolute atomic E-state index is 12.0. The number of nitrogens with zero attached hydrogens (tertiary/aromatic N) is 1. The molecule has 2 aliphatic rings. The van der Waals surface area contributed by atoms with Crippen molar-refractivity contribution in [3.8, 4) is 11.5 Å². The zero-order valence-corrected chi connectivity index (χ0v) is 11.0. The monoisotopic (exact) mass is 277 g/mol. The van der Waals surface area contributed by atoms with E-state index >= 15 is 0 Å². The van der Waals surface area contributed by atoms with Gasteiger partial charge in [0.05, 0.1) is 0 Å². The number of likely N-dealkylation sites (N-methyl/N-ethyl adjacent to an activating group) is 1. The first-order valence-corrected chi connectivity index (χ1v) is 6.25. The van der Waals surface area contributed by atoms with Crippen LogP contribution in [0.2, 0.25) is 0 Å². The lowest BCUT2D eigenvalue weighted by Crippen LogP contribution is -2.27. The van der Waals surface area contributed by atoms with Gasteiger partial charge in [-0.15, -0.1) is 0 Å². The fourth-order valence-corrected chi connectivity index (χ4v) is 2.23. The van der Waals surface area contributed by atoms with Crippen LogP contribution in [-0.2, 0) is 9.53 Å². The molecule has 0 aliphatic carbocycles. The Morgan fingerprint density at radius 2 is 2.16 bits per heavy atom. The minimum atomic E-state index is -0.217. The molecule has 19 heavy (non-hydrogen) atoms. The van der Waals surface area contributed by atoms with Crippen LogP contribution in [0, 0.1) is 0 Å². The topological polar surface area (TPSA) is 48.0 Å². The summed E-state index contributed by atoms with van der Waals surface area (Å²) in [5.74, 6) is 1.37. The van der Waals surface area contributed by atoms with E-state index in [1.807, 2.05) is 13.0 Å². The number of hydrogen-bond donors (Lipinski definition) is 0. The van der Waals surface area contributed by atoms with Gasteiger partial charge in [0.1, 0.15) is 0 Å². The number of carbonyl (C=O) groups is 1. The minimum absolute atomic E-state index is 0.194. The number of fused-ring (bicyclic) bond motifs is 1. The number of amides is 1. The summed E-state index contributed by atoms with van der Waals surface area (Å²) in [7, 11) is 0. The molecule has 0 atom stereocenters. The Morgan fingerprint density at radius 3 is 2.89 bits per heavy atom. The Morgan fingerprint density at radius 1 is 1.37 bits per heavy atom. The summed E-state index contributed by atoms with van der Waals surface area (Å²) in [4.78, 5) is 13.4. The average molecular weight is 277 g/mol. The van der Waals surface area contributed by atoms with Crippen molar-refractivity contribution < 1.29 is 19.0 Å².